The van der Waals surface area contributed by atoms with Crippen LogP contribution in [0.15, 0.2) is 36.9 Å². The molecule has 0 aliphatic heterocycles. The van der Waals surface area contributed by atoms with E-state index in [1.54, 1.807) is 0 Å². The van der Waals surface area contributed by atoms with Gasteiger partial charge >= 0.3 is 5.97 Å². The molecule has 88 valence electrons. The van der Waals surface area contributed by atoms with Gasteiger partial charge in [0.1, 0.15) is 6.61 Å². The van der Waals surface area contributed by atoms with Crippen LogP contribution < -0.4 is 5.32 Å². The van der Waals surface area contributed by atoms with Crippen molar-refractivity contribution in [1.82, 2.24) is 0 Å². The zero-order chi connectivity index (χ0) is 11.8. The molecule has 0 saturated carbocycles. The van der Waals surface area contributed by atoms with Gasteiger partial charge in [-0.05, 0) is 24.1 Å². The first-order valence-corrected chi connectivity index (χ1v) is 5.38. The zero-order valence-electron chi connectivity index (χ0n) is 9.53. The summed E-state index contributed by atoms with van der Waals surface area (Å²) >= 11 is 0. The Balaban J connectivity index is 0.00000256. The van der Waals surface area contributed by atoms with Crippen LogP contribution in [-0.4, -0.2) is 19.1 Å². The molecule has 0 unspecified atom stereocenters. The molecule has 0 aliphatic carbocycles. The highest BCUT2D eigenvalue weighted by atomic mass is 16.5. The Kier molecular flexibility index (Phi) is 5.12. The lowest BCUT2D eigenvalue weighted by Gasteiger charge is -2.07. The van der Waals surface area contributed by atoms with Crippen LogP contribution in [0.3, 0.4) is 0 Å². The number of hydrogen-bond acceptors (Lipinski definition) is 3. The summed E-state index contributed by atoms with van der Waals surface area (Å²) < 4.78 is 4.84. The summed E-state index contributed by atoms with van der Waals surface area (Å²) in [6.45, 7) is 6.39. The third kappa shape index (κ3) is 4.17. The number of nitrogens with one attached hydrogen (secondary N) is 1. The van der Waals surface area contributed by atoms with Crippen LogP contribution >= 0.6 is 0 Å². The number of carbonyl (C=O) groups excluding carboxylic acids is 1. The summed E-state index contributed by atoms with van der Waals surface area (Å²) in [6.07, 6.45) is 2.20. The van der Waals surface area contributed by atoms with E-state index < -0.39 is 0 Å². The van der Waals surface area contributed by atoms with Crippen LogP contribution in [0.25, 0.3) is 0 Å². The van der Waals surface area contributed by atoms with Gasteiger partial charge in [-0.3, -0.25) is 0 Å². The maximum atomic E-state index is 10.7. The lowest BCUT2D eigenvalue weighted by molar-refractivity contribution is -0.137. The van der Waals surface area contributed by atoms with Gasteiger partial charge in [0.05, 0.1) is 0 Å². The molecule has 1 aromatic carbocycles. The molecule has 3 nitrogen and oxygen atoms in total. The first-order chi connectivity index (χ1) is 7.76. The Morgan fingerprint density at radius 2 is 2.19 bits per heavy atom. The molecule has 0 amide bonds. The summed E-state index contributed by atoms with van der Waals surface area (Å²) in [5, 5.41) is 3.16. The molecular weight excluding hydrogens is 202 g/mol. The number of carbonyl (C=O) groups is 1. The number of aryl methyl sites for hydroxylation is 1. The summed E-state index contributed by atoms with van der Waals surface area (Å²) in [7, 11) is 0. The smallest absolute Gasteiger partial charge is 0.330 e. The van der Waals surface area contributed by atoms with Gasteiger partial charge in [-0.2, -0.15) is 0 Å². The third-order valence-electron chi connectivity index (χ3n) is 2.20. The van der Waals surface area contributed by atoms with Crippen molar-refractivity contribution in [2.24, 2.45) is 0 Å². The predicted octanol–water partition coefficient (Wildman–Crippen LogP) is 2.64. The Labute approximate surface area is 97.6 Å². The topological polar surface area (TPSA) is 38.3 Å². The minimum absolute atomic E-state index is 0. The minimum atomic E-state index is -0.386. The van der Waals surface area contributed by atoms with Crippen molar-refractivity contribution in [3.05, 3.63) is 42.5 Å². The third-order valence-corrected chi connectivity index (χ3v) is 2.20. The van der Waals surface area contributed by atoms with Crippen LogP contribution in [0, 0.1) is 0 Å². The lowest BCUT2D eigenvalue weighted by Crippen LogP contribution is -2.12. The summed E-state index contributed by atoms with van der Waals surface area (Å²) in [6, 6.07) is 8.21. The first kappa shape index (κ1) is 12.3. The lowest BCUT2D eigenvalue weighted by atomic mass is 10.1. The average molecular weight is 221 g/mol. The Hall–Kier alpha value is -1.77. The van der Waals surface area contributed by atoms with E-state index in [-0.39, 0.29) is 7.40 Å². The molecule has 0 heterocycles. The van der Waals surface area contributed by atoms with Crippen LogP contribution in [-0.2, 0) is 16.0 Å². The van der Waals surface area contributed by atoms with Crippen LogP contribution in [0.1, 0.15) is 13.9 Å². The fraction of sp³-hybridized carbons (Fsp3) is 0.308. The van der Waals surface area contributed by atoms with Crippen molar-refractivity contribution < 1.29 is 11.0 Å². The molecule has 0 bridgehead atoms. The number of ether oxygens (including phenoxy) is 1. The molecule has 0 aliphatic rings. The molecule has 0 spiro atoms. The van der Waals surface area contributed by atoms with Gasteiger partial charge in [0.15, 0.2) is 0 Å². The van der Waals surface area contributed by atoms with Crippen molar-refractivity contribution in [2.45, 2.75) is 13.3 Å². The second-order valence-corrected chi connectivity index (χ2v) is 3.35. The van der Waals surface area contributed by atoms with Gasteiger partial charge in [-0.1, -0.05) is 25.6 Å². The normalized spacial score (nSPS) is 9.56. The van der Waals surface area contributed by atoms with Crippen molar-refractivity contribution in [3.63, 3.8) is 0 Å². The van der Waals surface area contributed by atoms with Gasteiger partial charge in [0.25, 0.3) is 0 Å². The van der Waals surface area contributed by atoms with Crippen LogP contribution in [0.2, 0.25) is 0 Å². The Morgan fingerprint density at radius 3 is 2.75 bits per heavy atom. The fourth-order valence-corrected chi connectivity index (χ4v) is 1.26. The molecule has 1 aromatic rings. The highest BCUT2D eigenvalue weighted by Gasteiger charge is 1.95. The summed E-state index contributed by atoms with van der Waals surface area (Å²) in [5.74, 6) is -0.386. The molecule has 1 N–H and O–H groups in total. The van der Waals surface area contributed by atoms with E-state index in [0.717, 1.165) is 18.2 Å². The quantitative estimate of drug-likeness (QED) is 0.456. The SMILES string of the molecule is C=CC(=O)OCCNc1ccc(CC)cc1.[HH]. The number of hydrogen-bond donors (Lipinski definition) is 1. The molecule has 0 aromatic heterocycles. The fourth-order valence-electron chi connectivity index (χ4n) is 1.26. The minimum Gasteiger partial charge on any atom is -0.461 e. The van der Waals surface area contributed by atoms with E-state index in [9.17, 15) is 4.79 Å². The molecule has 0 fully saturated rings. The van der Waals surface area contributed by atoms with Gasteiger partial charge in [0, 0.05) is 19.7 Å². The van der Waals surface area contributed by atoms with E-state index in [1.165, 1.54) is 5.56 Å². The molecule has 16 heavy (non-hydrogen) atoms. The van der Waals surface area contributed by atoms with Crippen molar-refractivity contribution >= 4 is 11.7 Å². The maximum absolute atomic E-state index is 10.7. The number of benzene rings is 1. The molecular formula is C13H19NO2. The predicted molar refractivity (Wildman–Crippen MR) is 67.6 cm³/mol. The van der Waals surface area contributed by atoms with Crippen molar-refractivity contribution in [3.8, 4) is 0 Å². The van der Waals surface area contributed by atoms with Gasteiger partial charge in [-0.15, -0.1) is 0 Å². The zero-order valence-corrected chi connectivity index (χ0v) is 9.53. The van der Waals surface area contributed by atoms with E-state index in [2.05, 4.69) is 31.0 Å². The van der Waals surface area contributed by atoms with Crippen LogP contribution in [0.4, 0.5) is 5.69 Å². The van der Waals surface area contributed by atoms with E-state index in [4.69, 9.17) is 4.74 Å². The van der Waals surface area contributed by atoms with Gasteiger partial charge in [0.2, 0.25) is 0 Å². The van der Waals surface area contributed by atoms with Crippen molar-refractivity contribution in [1.29, 1.82) is 0 Å². The highest BCUT2D eigenvalue weighted by Crippen LogP contribution is 2.09. The van der Waals surface area contributed by atoms with E-state index in [1.807, 2.05) is 12.1 Å². The maximum Gasteiger partial charge on any atom is 0.330 e. The summed E-state index contributed by atoms with van der Waals surface area (Å²) in [5.41, 5.74) is 2.34. The van der Waals surface area contributed by atoms with Crippen molar-refractivity contribution in [2.75, 3.05) is 18.5 Å². The monoisotopic (exact) mass is 221 g/mol. The number of esters is 1. The molecule has 1 rings (SSSR count). The second-order valence-electron chi connectivity index (χ2n) is 3.35. The number of anilines is 1. The molecule has 3 heteroatoms. The largest absolute Gasteiger partial charge is 0.461 e. The molecule has 0 saturated heterocycles. The Morgan fingerprint density at radius 1 is 1.50 bits per heavy atom. The standard InChI is InChI=1S/C13H17NO2.H2/c1-3-11-5-7-12(8-6-11)14-9-10-16-13(15)4-2;/h4-8,14H,2-3,9-10H2,1H3;1H. The first-order valence-electron chi connectivity index (χ1n) is 5.38. The van der Waals surface area contributed by atoms with Crippen LogP contribution in [0.5, 0.6) is 0 Å². The highest BCUT2D eigenvalue weighted by molar-refractivity contribution is 5.81. The van der Waals surface area contributed by atoms with Gasteiger partial charge in [-0.25, -0.2) is 4.79 Å². The van der Waals surface area contributed by atoms with E-state index in [0.29, 0.717) is 13.2 Å². The molecule has 0 atom stereocenters. The van der Waals surface area contributed by atoms with Gasteiger partial charge < -0.3 is 10.1 Å². The molecule has 0 radical (unpaired) electrons. The summed E-state index contributed by atoms with van der Waals surface area (Å²) in [4.78, 5) is 10.7. The second kappa shape index (κ2) is 6.67. The Bertz CT molecular complexity index is 349. The van der Waals surface area contributed by atoms with E-state index >= 15 is 0 Å². The number of rotatable bonds is 6. The average Bonchev–Trinajstić information content (AvgIpc) is 2.35.